The van der Waals surface area contributed by atoms with E-state index in [4.69, 9.17) is 21.1 Å². The predicted molar refractivity (Wildman–Crippen MR) is 100 cm³/mol. The highest BCUT2D eigenvalue weighted by Crippen LogP contribution is 2.29. The monoisotopic (exact) mass is 411 g/mol. The van der Waals surface area contributed by atoms with Crippen molar-refractivity contribution < 1.29 is 14.3 Å². The van der Waals surface area contributed by atoms with Crippen LogP contribution in [0.5, 0.6) is 11.5 Å². The number of methoxy groups -OCH3 is 1. The summed E-state index contributed by atoms with van der Waals surface area (Å²) in [6.07, 6.45) is 0. The quantitative estimate of drug-likeness (QED) is 0.691. The molecular weight excluding hydrogens is 394 g/mol. The summed E-state index contributed by atoms with van der Waals surface area (Å²) in [6, 6.07) is 10.3. The number of anilines is 1. The molecule has 0 heterocycles. The van der Waals surface area contributed by atoms with Crippen LogP contribution in [0, 0.1) is 5.92 Å². The molecule has 0 saturated carbocycles. The van der Waals surface area contributed by atoms with Gasteiger partial charge < -0.3 is 14.8 Å². The van der Waals surface area contributed by atoms with Crippen LogP contribution in [0.2, 0.25) is 5.02 Å². The van der Waals surface area contributed by atoms with E-state index in [-0.39, 0.29) is 5.91 Å². The van der Waals surface area contributed by atoms with E-state index >= 15 is 0 Å². The molecule has 1 N–H and O–H groups in total. The minimum Gasteiger partial charge on any atom is -0.495 e. The highest BCUT2D eigenvalue weighted by atomic mass is 79.9. The van der Waals surface area contributed by atoms with Crippen LogP contribution in [0.1, 0.15) is 24.2 Å². The van der Waals surface area contributed by atoms with Crippen LogP contribution in [-0.4, -0.2) is 19.6 Å². The Balaban J connectivity index is 2.09. The third-order valence-corrected chi connectivity index (χ3v) is 4.09. The summed E-state index contributed by atoms with van der Waals surface area (Å²) in [6.45, 7) is 4.78. The van der Waals surface area contributed by atoms with Crippen molar-refractivity contribution >= 4 is 39.1 Å². The predicted octanol–water partition coefficient (Wildman–Crippen LogP) is 5.40. The molecule has 0 spiro atoms. The number of rotatable bonds is 6. The summed E-state index contributed by atoms with van der Waals surface area (Å²) in [4.78, 5) is 12.4. The number of benzene rings is 2. The molecule has 0 saturated heterocycles. The van der Waals surface area contributed by atoms with Gasteiger partial charge in [-0.05, 0) is 58.2 Å². The zero-order chi connectivity index (χ0) is 17.7. The summed E-state index contributed by atoms with van der Waals surface area (Å²) in [5.74, 6) is 1.48. The van der Waals surface area contributed by atoms with Gasteiger partial charge in [-0.2, -0.15) is 0 Å². The number of hydrogen-bond donors (Lipinski definition) is 1. The molecule has 128 valence electrons. The van der Waals surface area contributed by atoms with Crippen molar-refractivity contribution in [2.45, 2.75) is 13.8 Å². The van der Waals surface area contributed by atoms with E-state index in [1.807, 2.05) is 0 Å². The molecule has 0 aliphatic rings. The molecule has 1 amide bonds. The van der Waals surface area contributed by atoms with Gasteiger partial charge >= 0.3 is 0 Å². The van der Waals surface area contributed by atoms with Gasteiger partial charge in [-0.15, -0.1) is 0 Å². The molecule has 0 aliphatic carbocycles. The Morgan fingerprint density at radius 2 is 1.92 bits per heavy atom. The lowest BCUT2D eigenvalue weighted by molar-refractivity contribution is 0.102. The van der Waals surface area contributed by atoms with Crippen LogP contribution in [0.15, 0.2) is 40.9 Å². The molecule has 6 heteroatoms. The molecule has 0 aliphatic heterocycles. The highest BCUT2D eigenvalue weighted by Gasteiger charge is 2.11. The van der Waals surface area contributed by atoms with Crippen LogP contribution in [0.4, 0.5) is 5.69 Å². The summed E-state index contributed by atoms with van der Waals surface area (Å²) in [7, 11) is 1.54. The van der Waals surface area contributed by atoms with Crippen molar-refractivity contribution in [1.29, 1.82) is 0 Å². The molecular formula is C18H19BrClNO3. The molecule has 2 rings (SSSR count). The van der Waals surface area contributed by atoms with Crippen molar-refractivity contribution in [3.05, 3.63) is 51.5 Å². The Bertz CT molecular complexity index is 734. The minimum absolute atomic E-state index is 0.229. The van der Waals surface area contributed by atoms with Gasteiger partial charge in [-0.1, -0.05) is 25.4 Å². The Hall–Kier alpha value is -1.72. The summed E-state index contributed by atoms with van der Waals surface area (Å²) in [5, 5.41) is 3.25. The van der Waals surface area contributed by atoms with E-state index in [0.717, 1.165) is 4.47 Å². The summed E-state index contributed by atoms with van der Waals surface area (Å²) >= 11 is 9.50. The van der Waals surface area contributed by atoms with Gasteiger partial charge in [0.15, 0.2) is 0 Å². The SMILES string of the molecule is COc1ccc(NC(=O)c2ccc(OCC(C)C)c(Br)c2)cc1Cl. The lowest BCUT2D eigenvalue weighted by atomic mass is 10.2. The lowest BCUT2D eigenvalue weighted by Crippen LogP contribution is -2.12. The number of carbonyl (C=O) groups excluding carboxylic acids is 1. The van der Waals surface area contributed by atoms with Gasteiger partial charge in [-0.25, -0.2) is 0 Å². The summed E-state index contributed by atoms with van der Waals surface area (Å²) in [5.41, 5.74) is 1.12. The smallest absolute Gasteiger partial charge is 0.255 e. The lowest BCUT2D eigenvalue weighted by Gasteiger charge is -2.12. The first-order valence-corrected chi connectivity index (χ1v) is 8.65. The van der Waals surface area contributed by atoms with Crippen LogP contribution in [0.25, 0.3) is 0 Å². The fraction of sp³-hybridized carbons (Fsp3) is 0.278. The molecule has 0 fully saturated rings. The largest absolute Gasteiger partial charge is 0.495 e. The zero-order valence-electron chi connectivity index (χ0n) is 13.7. The molecule has 0 atom stereocenters. The number of nitrogens with one attached hydrogen (secondary N) is 1. The molecule has 0 unspecified atom stereocenters. The maximum Gasteiger partial charge on any atom is 0.255 e. The van der Waals surface area contributed by atoms with Gasteiger partial charge in [0.25, 0.3) is 5.91 Å². The van der Waals surface area contributed by atoms with E-state index in [1.165, 1.54) is 0 Å². The van der Waals surface area contributed by atoms with E-state index in [2.05, 4.69) is 35.1 Å². The molecule has 2 aromatic rings. The van der Waals surface area contributed by atoms with Crippen molar-refractivity contribution in [1.82, 2.24) is 0 Å². The third-order valence-electron chi connectivity index (χ3n) is 3.18. The molecule has 0 aromatic heterocycles. The average molecular weight is 413 g/mol. The molecule has 4 nitrogen and oxygen atoms in total. The topological polar surface area (TPSA) is 47.6 Å². The first-order valence-electron chi connectivity index (χ1n) is 7.48. The Morgan fingerprint density at radius 3 is 2.50 bits per heavy atom. The number of amides is 1. The number of hydrogen-bond acceptors (Lipinski definition) is 3. The Kier molecular flexibility index (Phi) is 6.52. The van der Waals surface area contributed by atoms with Gasteiger partial charge in [0.1, 0.15) is 11.5 Å². The third kappa shape index (κ3) is 4.89. The van der Waals surface area contributed by atoms with Crippen molar-refractivity contribution in [2.75, 3.05) is 19.0 Å². The number of carbonyl (C=O) groups is 1. The van der Waals surface area contributed by atoms with Crippen LogP contribution < -0.4 is 14.8 Å². The first-order chi connectivity index (χ1) is 11.4. The Morgan fingerprint density at radius 1 is 1.21 bits per heavy atom. The average Bonchev–Trinajstić information content (AvgIpc) is 2.53. The normalized spacial score (nSPS) is 10.6. The number of ether oxygens (including phenoxy) is 2. The van der Waals surface area contributed by atoms with Gasteiger partial charge in [0, 0.05) is 11.3 Å². The van der Waals surface area contributed by atoms with Crippen LogP contribution in [0.3, 0.4) is 0 Å². The molecule has 24 heavy (non-hydrogen) atoms. The molecule has 0 bridgehead atoms. The van der Waals surface area contributed by atoms with Crippen LogP contribution >= 0.6 is 27.5 Å². The second-order valence-corrected chi connectivity index (χ2v) is 6.92. The van der Waals surface area contributed by atoms with Crippen LogP contribution in [-0.2, 0) is 0 Å². The maximum atomic E-state index is 12.4. The Labute approximate surface area is 155 Å². The fourth-order valence-corrected chi connectivity index (χ4v) is 2.71. The van der Waals surface area contributed by atoms with E-state index < -0.39 is 0 Å². The highest BCUT2D eigenvalue weighted by molar-refractivity contribution is 9.10. The van der Waals surface area contributed by atoms with Crippen molar-refractivity contribution in [3.63, 3.8) is 0 Å². The van der Waals surface area contributed by atoms with Gasteiger partial charge in [0.05, 0.1) is 23.2 Å². The fourth-order valence-electron chi connectivity index (χ4n) is 1.96. The van der Waals surface area contributed by atoms with E-state index in [0.29, 0.717) is 40.3 Å². The van der Waals surface area contributed by atoms with Gasteiger partial charge in [-0.3, -0.25) is 4.79 Å². The minimum atomic E-state index is -0.229. The molecule has 2 aromatic carbocycles. The van der Waals surface area contributed by atoms with Crippen molar-refractivity contribution in [3.8, 4) is 11.5 Å². The first kappa shape index (κ1) is 18.6. The zero-order valence-corrected chi connectivity index (χ0v) is 16.1. The van der Waals surface area contributed by atoms with E-state index in [9.17, 15) is 4.79 Å². The maximum absolute atomic E-state index is 12.4. The second kappa shape index (κ2) is 8.40. The second-order valence-electron chi connectivity index (χ2n) is 5.65. The van der Waals surface area contributed by atoms with Crippen molar-refractivity contribution in [2.24, 2.45) is 5.92 Å². The number of halogens is 2. The van der Waals surface area contributed by atoms with E-state index in [1.54, 1.807) is 43.5 Å². The van der Waals surface area contributed by atoms with Gasteiger partial charge in [0.2, 0.25) is 0 Å². The summed E-state index contributed by atoms with van der Waals surface area (Å²) < 4.78 is 11.5. The standard InChI is InChI=1S/C18H19BrClNO3/c1-11(2)10-24-16-6-4-12(8-14(16)19)18(22)21-13-5-7-17(23-3)15(20)9-13/h4-9,11H,10H2,1-3H3,(H,21,22). The molecule has 0 radical (unpaired) electrons.